The zero-order valence-electron chi connectivity index (χ0n) is 16.7. The number of carbonyl (C=O) groups excluding carboxylic acids is 1. The fraction of sp³-hybridized carbons (Fsp3) is 0.571. The van der Waals surface area contributed by atoms with Crippen LogP contribution in [0.15, 0.2) is 17.7 Å². The van der Waals surface area contributed by atoms with Gasteiger partial charge in [-0.3, -0.25) is 0 Å². The molecule has 0 aromatic heterocycles. The minimum absolute atomic E-state index is 0.507. The van der Waals surface area contributed by atoms with Crippen LogP contribution in [0.5, 0.6) is 0 Å². The van der Waals surface area contributed by atoms with E-state index in [-0.39, 0.29) is 0 Å². The summed E-state index contributed by atoms with van der Waals surface area (Å²) in [6.45, 7) is 0.806. The first kappa shape index (κ1) is 19.5. The maximum atomic E-state index is 12.6. The predicted molar refractivity (Wildman–Crippen MR) is 111 cm³/mol. The summed E-state index contributed by atoms with van der Waals surface area (Å²) in [5, 5.41) is 2.39. The zero-order valence-corrected chi connectivity index (χ0v) is 17.5. The van der Waals surface area contributed by atoms with Gasteiger partial charge in [0.1, 0.15) is 0 Å². The number of hydrogen-bond acceptors (Lipinski definition) is 4. The average Bonchev–Trinajstić information content (AvgIpc) is 3.20. The number of fused-ring (bicyclic) bond motifs is 2. The van der Waals surface area contributed by atoms with Gasteiger partial charge in [-0.25, -0.2) is 17.9 Å². The second kappa shape index (κ2) is 7.52. The number of aryl methyl sites for hydroxylation is 2. The quantitative estimate of drug-likeness (QED) is 0.741. The Morgan fingerprint density at radius 2 is 1.71 bits per heavy atom. The SMILES string of the molecule is CN(C)CC=C1CC(S(=O)(=O)NC(=O)Nc2c3c(cc4c2CCC4)CCC3)C1. The fourth-order valence-electron chi connectivity index (χ4n) is 4.54. The molecule has 4 rings (SSSR count). The number of benzene rings is 1. The molecule has 0 bridgehead atoms. The highest BCUT2D eigenvalue weighted by Gasteiger charge is 2.36. The van der Waals surface area contributed by atoms with Crippen molar-refractivity contribution in [2.24, 2.45) is 0 Å². The maximum absolute atomic E-state index is 12.6. The van der Waals surface area contributed by atoms with E-state index >= 15 is 0 Å². The lowest BCUT2D eigenvalue weighted by molar-refractivity contribution is 0.256. The minimum atomic E-state index is -3.66. The van der Waals surface area contributed by atoms with Crippen LogP contribution in [0.25, 0.3) is 0 Å². The van der Waals surface area contributed by atoms with Crippen LogP contribution < -0.4 is 10.0 Å². The Morgan fingerprint density at radius 1 is 1.11 bits per heavy atom. The highest BCUT2D eigenvalue weighted by atomic mass is 32.2. The summed E-state index contributed by atoms with van der Waals surface area (Å²) in [5.74, 6) is 0. The standard InChI is InChI=1S/C21H29N3O3S/c1-24(2)10-9-14-11-17(12-14)28(26,27)23-21(25)22-20-18-7-3-5-15(18)13-16-6-4-8-19(16)20/h9,13,17H,3-8,10-12H2,1-2H3,(H2,22,23,25). The highest BCUT2D eigenvalue weighted by molar-refractivity contribution is 7.90. The predicted octanol–water partition coefficient (Wildman–Crippen LogP) is 2.77. The Hall–Kier alpha value is -1.86. The molecule has 1 aromatic carbocycles. The molecule has 3 aliphatic carbocycles. The van der Waals surface area contributed by atoms with E-state index in [2.05, 4.69) is 22.2 Å². The first-order valence-electron chi connectivity index (χ1n) is 10.2. The maximum Gasteiger partial charge on any atom is 0.332 e. The molecule has 0 atom stereocenters. The molecule has 1 fully saturated rings. The number of anilines is 1. The van der Waals surface area contributed by atoms with Crippen molar-refractivity contribution in [1.82, 2.24) is 9.62 Å². The molecule has 0 radical (unpaired) electrons. The molecule has 3 aliphatic rings. The lowest BCUT2D eigenvalue weighted by atomic mass is 9.91. The van der Waals surface area contributed by atoms with Gasteiger partial charge in [0.15, 0.2) is 0 Å². The summed E-state index contributed by atoms with van der Waals surface area (Å²) in [4.78, 5) is 14.6. The van der Waals surface area contributed by atoms with Crippen LogP contribution in [0, 0.1) is 0 Å². The fourth-order valence-corrected chi connectivity index (χ4v) is 5.88. The van der Waals surface area contributed by atoms with E-state index in [1.165, 1.54) is 22.3 Å². The molecule has 1 aromatic rings. The number of nitrogens with zero attached hydrogens (tertiary/aromatic N) is 1. The normalized spacial score (nSPS) is 20.5. The Morgan fingerprint density at radius 3 is 2.29 bits per heavy atom. The van der Waals surface area contributed by atoms with Gasteiger partial charge in [-0.15, -0.1) is 0 Å². The summed E-state index contributed by atoms with van der Waals surface area (Å²) in [5.41, 5.74) is 7.04. The largest absolute Gasteiger partial charge is 0.332 e. The van der Waals surface area contributed by atoms with Crippen molar-refractivity contribution in [3.05, 3.63) is 40.0 Å². The second-order valence-corrected chi connectivity index (χ2v) is 10.5. The van der Waals surface area contributed by atoms with Gasteiger partial charge < -0.3 is 10.2 Å². The first-order valence-corrected chi connectivity index (χ1v) is 11.7. The number of nitrogens with one attached hydrogen (secondary N) is 2. The van der Waals surface area contributed by atoms with Crippen LogP contribution in [-0.4, -0.2) is 45.2 Å². The average molecular weight is 404 g/mol. The summed E-state index contributed by atoms with van der Waals surface area (Å²) in [6, 6.07) is 1.67. The third-order valence-corrected chi connectivity index (χ3v) is 7.79. The van der Waals surface area contributed by atoms with Gasteiger partial charge in [-0.2, -0.15) is 0 Å². The van der Waals surface area contributed by atoms with E-state index in [1.54, 1.807) is 0 Å². The third-order valence-electron chi connectivity index (χ3n) is 6.11. The van der Waals surface area contributed by atoms with Crippen LogP contribution in [0.2, 0.25) is 0 Å². The Balaban J connectivity index is 1.43. The first-order chi connectivity index (χ1) is 13.3. The van der Waals surface area contributed by atoms with Gasteiger partial charge in [-0.05, 0) is 87.7 Å². The topological polar surface area (TPSA) is 78.5 Å². The van der Waals surface area contributed by atoms with Crippen molar-refractivity contribution in [1.29, 1.82) is 0 Å². The van der Waals surface area contributed by atoms with Crippen molar-refractivity contribution in [2.45, 2.75) is 56.6 Å². The second-order valence-electron chi connectivity index (χ2n) is 8.49. The van der Waals surface area contributed by atoms with Gasteiger partial charge in [0.05, 0.1) is 5.25 Å². The third kappa shape index (κ3) is 3.82. The van der Waals surface area contributed by atoms with Crippen molar-refractivity contribution in [2.75, 3.05) is 26.0 Å². The van der Waals surface area contributed by atoms with Crippen molar-refractivity contribution >= 4 is 21.7 Å². The van der Waals surface area contributed by atoms with Gasteiger partial charge in [0.25, 0.3) is 0 Å². The van der Waals surface area contributed by atoms with Gasteiger partial charge in [-0.1, -0.05) is 17.7 Å². The van der Waals surface area contributed by atoms with Gasteiger partial charge >= 0.3 is 6.03 Å². The molecule has 0 saturated heterocycles. The number of carbonyl (C=O) groups is 1. The molecule has 2 amide bonds. The van der Waals surface area contributed by atoms with E-state index in [0.29, 0.717) is 12.8 Å². The smallest absolute Gasteiger partial charge is 0.307 e. The van der Waals surface area contributed by atoms with E-state index in [9.17, 15) is 13.2 Å². The molecule has 0 aliphatic heterocycles. The Kier molecular flexibility index (Phi) is 5.22. The van der Waals surface area contributed by atoms with E-state index in [1.807, 2.05) is 19.0 Å². The molecular formula is C21H29N3O3S. The van der Waals surface area contributed by atoms with Crippen LogP contribution in [0.4, 0.5) is 10.5 Å². The van der Waals surface area contributed by atoms with Gasteiger partial charge in [0.2, 0.25) is 10.0 Å². The highest BCUT2D eigenvalue weighted by Crippen LogP contribution is 2.38. The summed E-state index contributed by atoms with van der Waals surface area (Å²) in [6.07, 6.45) is 9.26. The van der Waals surface area contributed by atoms with Gasteiger partial charge in [0, 0.05) is 12.2 Å². The summed E-state index contributed by atoms with van der Waals surface area (Å²) < 4.78 is 27.4. The lowest BCUT2D eigenvalue weighted by Crippen LogP contribution is -2.44. The Labute approximate surface area is 167 Å². The van der Waals surface area contributed by atoms with Crippen molar-refractivity contribution in [3.8, 4) is 0 Å². The van der Waals surface area contributed by atoms with Crippen molar-refractivity contribution < 1.29 is 13.2 Å². The molecule has 0 unspecified atom stereocenters. The molecule has 28 heavy (non-hydrogen) atoms. The Bertz CT molecular complexity index is 894. The molecular weight excluding hydrogens is 374 g/mol. The minimum Gasteiger partial charge on any atom is -0.307 e. The lowest BCUT2D eigenvalue weighted by Gasteiger charge is -2.29. The van der Waals surface area contributed by atoms with E-state index in [0.717, 1.165) is 56.3 Å². The van der Waals surface area contributed by atoms with Crippen molar-refractivity contribution in [3.63, 3.8) is 0 Å². The molecule has 1 saturated carbocycles. The van der Waals surface area contributed by atoms with E-state index < -0.39 is 21.3 Å². The molecule has 6 nitrogen and oxygen atoms in total. The van der Waals surface area contributed by atoms with Crippen LogP contribution >= 0.6 is 0 Å². The molecule has 0 heterocycles. The molecule has 7 heteroatoms. The zero-order chi connectivity index (χ0) is 19.9. The monoisotopic (exact) mass is 403 g/mol. The number of likely N-dealkylation sites (N-methyl/N-ethyl adjacent to an activating group) is 1. The number of rotatable bonds is 5. The molecule has 152 valence electrons. The van der Waals surface area contributed by atoms with Crippen LogP contribution in [0.3, 0.4) is 0 Å². The summed E-state index contributed by atoms with van der Waals surface area (Å²) in [7, 11) is 0.299. The number of sulfonamides is 1. The van der Waals surface area contributed by atoms with Crippen LogP contribution in [0.1, 0.15) is 47.9 Å². The molecule has 0 spiro atoms. The number of allylic oxidation sites excluding steroid dienone is 1. The van der Waals surface area contributed by atoms with E-state index in [4.69, 9.17) is 0 Å². The van der Waals surface area contributed by atoms with Crippen LogP contribution in [-0.2, 0) is 35.7 Å². The number of hydrogen-bond donors (Lipinski definition) is 2. The summed E-state index contributed by atoms with van der Waals surface area (Å²) >= 11 is 0. The molecule has 2 N–H and O–H groups in total. The number of urea groups is 1. The number of amides is 2.